The van der Waals surface area contributed by atoms with Gasteiger partial charge in [-0.2, -0.15) is 0 Å². The molecule has 4 heteroatoms. The average molecular weight is 278 g/mol. The molecule has 1 aromatic carbocycles. The van der Waals surface area contributed by atoms with Crippen LogP contribution in [0.2, 0.25) is 0 Å². The molecule has 0 aliphatic heterocycles. The summed E-state index contributed by atoms with van der Waals surface area (Å²) in [5.74, 6) is -0.438. The molecule has 1 rings (SSSR count). The molecule has 0 bridgehead atoms. The molecule has 1 aromatic rings. The lowest BCUT2D eigenvalue weighted by Gasteiger charge is -2.20. The Balaban J connectivity index is 2.56. The molecule has 2 atom stereocenters. The molecule has 0 spiro atoms. The molecule has 0 aliphatic carbocycles. The molecule has 1 N–H and O–H groups in total. The summed E-state index contributed by atoms with van der Waals surface area (Å²) in [5.41, 5.74) is 0.992. The van der Waals surface area contributed by atoms with Crippen LogP contribution in [0.25, 0.3) is 0 Å². The summed E-state index contributed by atoms with van der Waals surface area (Å²) in [4.78, 5) is 14.1. The van der Waals surface area contributed by atoms with E-state index >= 15 is 0 Å². The van der Waals surface area contributed by atoms with Crippen molar-refractivity contribution in [2.75, 3.05) is 34.3 Å². The maximum atomic E-state index is 11.9. The summed E-state index contributed by atoms with van der Waals surface area (Å²) in [6.07, 6.45) is 1.05. The fourth-order valence-electron chi connectivity index (χ4n) is 2.04. The lowest BCUT2D eigenvalue weighted by Crippen LogP contribution is -2.35. The average Bonchev–Trinajstić information content (AvgIpc) is 2.46. The van der Waals surface area contributed by atoms with Gasteiger partial charge in [0.05, 0.1) is 13.0 Å². The van der Waals surface area contributed by atoms with E-state index < -0.39 is 0 Å². The molecule has 0 aromatic heterocycles. The highest BCUT2D eigenvalue weighted by Gasteiger charge is 2.21. The van der Waals surface area contributed by atoms with Gasteiger partial charge in [-0.05, 0) is 39.5 Å². The summed E-state index contributed by atoms with van der Waals surface area (Å²) in [6.45, 7) is 3.77. The maximum absolute atomic E-state index is 11.9. The first-order valence-electron chi connectivity index (χ1n) is 7.05. The largest absolute Gasteiger partial charge is 0.469 e. The standard InChI is InChI=1S/C16H26N2O2/c1-13(10-11-18(2)3)17-12-15(16(19)20-4)14-8-6-5-7-9-14/h5-9,13,15,17H,10-12H2,1-4H3. The van der Waals surface area contributed by atoms with E-state index in [-0.39, 0.29) is 11.9 Å². The van der Waals surface area contributed by atoms with Gasteiger partial charge in [0, 0.05) is 12.6 Å². The monoisotopic (exact) mass is 278 g/mol. The van der Waals surface area contributed by atoms with Gasteiger partial charge in [-0.25, -0.2) is 0 Å². The predicted octanol–water partition coefficient (Wildman–Crippen LogP) is 1.87. The minimum absolute atomic E-state index is 0.191. The van der Waals surface area contributed by atoms with E-state index in [0.717, 1.165) is 18.5 Å². The van der Waals surface area contributed by atoms with Gasteiger partial charge in [0.15, 0.2) is 0 Å². The van der Waals surface area contributed by atoms with Crippen LogP contribution in [0.3, 0.4) is 0 Å². The zero-order valence-corrected chi connectivity index (χ0v) is 12.9. The quantitative estimate of drug-likeness (QED) is 0.737. The van der Waals surface area contributed by atoms with Gasteiger partial charge in [0.2, 0.25) is 0 Å². The van der Waals surface area contributed by atoms with Crippen LogP contribution < -0.4 is 5.32 Å². The Bertz CT molecular complexity index is 393. The predicted molar refractivity (Wildman–Crippen MR) is 81.8 cm³/mol. The van der Waals surface area contributed by atoms with Gasteiger partial charge in [-0.15, -0.1) is 0 Å². The van der Waals surface area contributed by atoms with E-state index in [1.165, 1.54) is 7.11 Å². The lowest BCUT2D eigenvalue weighted by molar-refractivity contribution is -0.142. The van der Waals surface area contributed by atoms with Crippen LogP contribution in [-0.4, -0.2) is 51.2 Å². The fourth-order valence-corrected chi connectivity index (χ4v) is 2.04. The first kappa shape index (κ1) is 16.7. The second-order valence-corrected chi connectivity index (χ2v) is 5.39. The van der Waals surface area contributed by atoms with Gasteiger partial charge >= 0.3 is 5.97 Å². The van der Waals surface area contributed by atoms with Gasteiger partial charge in [0.25, 0.3) is 0 Å². The molecular formula is C16H26N2O2. The second-order valence-electron chi connectivity index (χ2n) is 5.39. The topological polar surface area (TPSA) is 41.6 Å². The van der Waals surface area contributed by atoms with Crippen molar-refractivity contribution in [2.45, 2.75) is 25.3 Å². The number of carbonyl (C=O) groups is 1. The van der Waals surface area contributed by atoms with Crippen molar-refractivity contribution in [3.05, 3.63) is 35.9 Å². The Morgan fingerprint density at radius 2 is 1.95 bits per heavy atom. The zero-order valence-electron chi connectivity index (χ0n) is 12.9. The summed E-state index contributed by atoms with van der Waals surface area (Å²) in [6, 6.07) is 10.1. The third kappa shape index (κ3) is 5.72. The van der Waals surface area contributed by atoms with E-state index in [9.17, 15) is 4.79 Å². The highest BCUT2D eigenvalue weighted by atomic mass is 16.5. The molecule has 0 radical (unpaired) electrons. The van der Waals surface area contributed by atoms with Crippen LogP contribution in [-0.2, 0) is 9.53 Å². The Morgan fingerprint density at radius 3 is 2.50 bits per heavy atom. The molecule has 0 saturated heterocycles. The van der Waals surface area contributed by atoms with Gasteiger partial charge in [-0.1, -0.05) is 30.3 Å². The second kappa shape index (κ2) is 8.72. The summed E-state index contributed by atoms with van der Waals surface area (Å²) in [5, 5.41) is 3.42. The number of esters is 1. The Labute approximate surface area is 122 Å². The normalized spacial score (nSPS) is 14.1. The number of nitrogens with one attached hydrogen (secondary N) is 1. The first-order chi connectivity index (χ1) is 9.54. The van der Waals surface area contributed by atoms with Crippen molar-refractivity contribution >= 4 is 5.97 Å². The van der Waals surface area contributed by atoms with Crippen molar-refractivity contribution in [2.24, 2.45) is 0 Å². The highest BCUT2D eigenvalue weighted by molar-refractivity contribution is 5.78. The number of nitrogens with zero attached hydrogens (tertiary/aromatic N) is 1. The third-order valence-electron chi connectivity index (χ3n) is 3.37. The van der Waals surface area contributed by atoms with Crippen LogP contribution in [0.4, 0.5) is 0 Å². The zero-order chi connectivity index (χ0) is 15.0. The van der Waals surface area contributed by atoms with Crippen LogP contribution in [0.5, 0.6) is 0 Å². The third-order valence-corrected chi connectivity index (χ3v) is 3.37. The van der Waals surface area contributed by atoms with Gasteiger partial charge in [0.1, 0.15) is 0 Å². The summed E-state index contributed by atoms with van der Waals surface area (Å²) < 4.78 is 4.91. The van der Waals surface area contributed by atoms with Crippen LogP contribution in [0.15, 0.2) is 30.3 Å². The van der Waals surface area contributed by atoms with Crippen molar-refractivity contribution in [1.29, 1.82) is 0 Å². The van der Waals surface area contributed by atoms with Gasteiger partial charge < -0.3 is 15.0 Å². The molecule has 20 heavy (non-hydrogen) atoms. The molecule has 0 amide bonds. The van der Waals surface area contributed by atoms with Crippen molar-refractivity contribution in [3.63, 3.8) is 0 Å². The van der Waals surface area contributed by atoms with Crippen LogP contribution >= 0.6 is 0 Å². The number of hydrogen-bond donors (Lipinski definition) is 1. The van der Waals surface area contributed by atoms with E-state index in [2.05, 4.69) is 31.2 Å². The number of carbonyl (C=O) groups excluding carboxylic acids is 1. The Kier molecular flexibility index (Phi) is 7.26. The van der Waals surface area contributed by atoms with Crippen LogP contribution in [0, 0.1) is 0 Å². The number of rotatable bonds is 8. The molecule has 2 unspecified atom stereocenters. The molecule has 0 aliphatic rings. The van der Waals surface area contributed by atoms with Crippen molar-refractivity contribution in [3.8, 4) is 0 Å². The molecule has 0 fully saturated rings. The maximum Gasteiger partial charge on any atom is 0.314 e. The fraction of sp³-hybridized carbons (Fsp3) is 0.562. The highest BCUT2D eigenvalue weighted by Crippen LogP contribution is 2.16. The Hall–Kier alpha value is -1.39. The van der Waals surface area contributed by atoms with E-state index in [1.54, 1.807) is 0 Å². The van der Waals surface area contributed by atoms with Gasteiger partial charge in [-0.3, -0.25) is 4.79 Å². The molecule has 112 valence electrons. The van der Waals surface area contributed by atoms with E-state index in [0.29, 0.717) is 12.6 Å². The molecule has 0 saturated carbocycles. The first-order valence-corrected chi connectivity index (χ1v) is 7.05. The van der Waals surface area contributed by atoms with E-state index in [1.807, 2.05) is 30.3 Å². The minimum Gasteiger partial charge on any atom is -0.469 e. The summed E-state index contributed by atoms with van der Waals surface area (Å²) >= 11 is 0. The molecular weight excluding hydrogens is 252 g/mol. The van der Waals surface area contributed by atoms with Crippen LogP contribution in [0.1, 0.15) is 24.8 Å². The summed E-state index contributed by atoms with van der Waals surface area (Å²) in [7, 11) is 5.57. The number of hydrogen-bond acceptors (Lipinski definition) is 4. The Morgan fingerprint density at radius 1 is 1.30 bits per heavy atom. The molecule has 4 nitrogen and oxygen atoms in total. The van der Waals surface area contributed by atoms with Crippen molar-refractivity contribution < 1.29 is 9.53 Å². The smallest absolute Gasteiger partial charge is 0.314 e. The number of methoxy groups -OCH3 is 1. The number of benzene rings is 1. The van der Waals surface area contributed by atoms with E-state index in [4.69, 9.17) is 4.74 Å². The number of ether oxygens (including phenoxy) is 1. The lowest BCUT2D eigenvalue weighted by atomic mass is 9.99. The SMILES string of the molecule is COC(=O)C(CNC(C)CCN(C)C)c1ccccc1. The van der Waals surface area contributed by atoms with Crippen molar-refractivity contribution in [1.82, 2.24) is 10.2 Å². The molecule has 0 heterocycles. The minimum atomic E-state index is -0.247.